The lowest BCUT2D eigenvalue weighted by Gasteiger charge is -2.30. The lowest BCUT2D eigenvalue weighted by atomic mass is 10.1. The van der Waals surface area contributed by atoms with Crippen molar-refractivity contribution in [1.82, 2.24) is 14.9 Å². The van der Waals surface area contributed by atoms with Crippen LogP contribution in [0.25, 0.3) is 0 Å². The highest BCUT2D eigenvalue weighted by Crippen LogP contribution is 2.15. The normalized spacial score (nSPS) is 16.3. The minimum Gasteiger partial charge on any atom is -0.381 e. The first-order valence-corrected chi connectivity index (χ1v) is 6.07. The van der Waals surface area contributed by atoms with E-state index in [1.165, 1.54) is 6.20 Å². The molecule has 0 aromatic carbocycles. The van der Waals surface area contributed by atoms with Crippen LogP contribution in [0.2, 0.25) is 0 Å². The average molecular weight is 250 g/mol. The van der Waals surface area contributed by atoms with Crippen molar-refractivity contribution < 1.29 is 9.53 Å². The topological polar surface area (TPSA) is 67.4 Å². The summed E-state index contributed by atoms with van der Waals surface area (Å²) < 4.78 is 5.30. The maximum absolute atomic E-state index is 12.3. The molecule has 0 atom stereocenters. The van der Waals surface area contributed by atoms with E-state index in [1.54, 1.807) is 18.1 Å². The Labute approximate surface area is 106 Å². The van der Waals surface area contributed by atoms with Crippen molar-refractivity contribution in [3.63, 3.8) is 0 Å². The number of nitrogens with one attached hydrogen (secondary N) is 1. The van der Waals surface area contributed by atoms with E-state index in [4.69, 9.17) is 4.74 Å². The van der Waals surface area contributed by atoms with Gasteiger partial charge in [0, 0.05) is 33.4 Å². The number of hydrogen-bond acceptors (Lipinski definition) is 5. The van der Waals surface area contributed by atoms with Gasteiger partial charge < -0.3 is 15.0 Å². The molecule has 2 rings (SSSR count). The Bertz CT molecular complexity index is 418. The van der Waals surface area contributed by atoms with Crippen LogP contribution in [0, 0.1) is 0 Å². The van der Waals surface area contributed by atoms with Crippen molar-refractivity contribution in [3.8, 4) is 0 Å². The van der Waals surface area contributed by atoms with Gasteiger partial charge in [0.2, 0.25) is 0 Å². The Morgan fingerprint density at radius 3 is 2.83 bits per heavy atom. The molecule has 1 amide bonds. The number of anilines is 1. The van der Waals surface area contributed by atoms with Crippen LogP contribution in [-0.2, 0) is 4.74 Å². The number of ether oxygens (including phenoxy) is 1. The second-order valence-corrected chi connectivity index (χ2v) is 4.30. The number of amides is 1. The molecular formula is C12H18N4O2. The van der Waals surface area contributed by atoms with Gasteiger partial charge in [-0.25, -0.2) is 4.98 Å². The van der Waals surface area contributed by atoms with Crippen molar-refractivity contribution in [3.05, 3.63) is 18.1 Å². The van der Waals surface area contributed by atoms with E-state index in [-0.39, 0.29) is 11.9 Å². The molecule has 0 aliphatic carbocycles. The molecule has 2 heterocycles. The summed E-state index contributed by atoms with van der Waals surface area (Å²) in [7, 11) is 3.56. The minimum absolute atomic E-state index is 0.0912. The molecule has 1 aliphatic rings. The van der Waals surface area contributed by atoms with Gasteiger partial charge in [0.15, 0.2) is 0 Å². The highest BCUT2D eigenvalue weighted by atomic mass is 16.5. The summed E-state index contributed by atoms with van der Waals surface area (Å²) in [6.45, 7) is 1.43. The number of carbonyl (C=O) groups excluding carboxylic acids is 1. The molecule has 1 saturated heterocycles. The smallest absolute Gasteiger partial charge is 0.274 e. The molecule has 1 aliphatic heterocycles. The maximum atomic E-state index is 12.3. The van der Waals surface area contributed by atoms with Gasteiger partial charge in [-0.05, 0) is 12.8 Å². The van der Waals surface area contributed by atoms with Gasteiger partial charge in [0.1, 0.15) is 11.5 Å². The Morgan fingerprint density at radius 1 is 1.44 bits per heavy atom. The van der Waals surface area contributed by atoms with E-state index >= 15 is 0 Å². The van der Waals surface area contributed by atoms with E-state index < -0.39 is 0 Å². The molecule has 0 bridgehead atoms. The third-order valence-corrected chi connectivity index (χ3v) is 3.17. The molecule has 18 heavy (non-hydrogen) atoms. The van der Waals surface area contributed by atoms with Crippen LogP contribution in [0.1, 0.15) is 23.3 Å². The lowest BCUT2D eigenvalue weighted by molar-refractivity contribution is 0.0358. The molecule has 1 aromatic rings. The fourth-order valence-corrected chi connectivity index (χ4v) is 2.01. The predicted octanol–water partition coefficient (Wildman–Crippen LogP) is 0.769. The summed E-state index contributed by atoms with van der Waals surface area (Å²) in [6, 6.07) is 0.228. The zero-order chi connectivity index (χ0) is 13.0. The van der Waals surface area contributed by atoms with E-state index in [0.717, 1.165) is 12.8 Å². The Balaban J connectivity index is 2.09. The van der Waals surface area contributed by atoms with Crippen LogP contribution >= 0.6 is 0 Å². The Kier molecular flexibility index (Phi) is 4.09. The largest absolute Gasteiger partial charge is 0.381 e. The molecule has 0 radical (unpaired) electrons. The predicted molar refractivity (Wildman–Crippen MR) is 67.5 cm³/mol. The molecule has 6 heteroatoms. The summed E-state index contributed by atoms with van der Waals surface area (Å²) >= 11 is 0. The quantitative estimate of drug-likeness (QED) is 0.858. The van der Waals surface area contributed by atoms with Crippen LogP contribution < -0.4 is 5.32 Å². The number of carbonyl (C=O) groups is 1. The first-order valence-electron chi connectivity index (χ1n) is 6.07. The van der Waals surface area contributed by atoms with Gasteiger partial charge in [-0.2, -0.15) is 0 Å². The molecule has 0 unspecified atom stereocenters. The maximum Gasteiger partial charge on any atom is 0.274 e. The highest BCUT2D eigenvalue weighted by molar-refractivity contribution is 5.92. The highest BCUT2D eigenvalue weighted by Gasteiger charge is 2.24. The van der Waals surface area contributed by atoms with E-state index in [9.17, 15) is 4.79 Å². The Morgan fingerprint density at radius 2 is 2.17 bits per heavy atom. The van der Waals surface area contributed by atoms with E-state index in [2.05, 4.69) is 15.3 Å². The average Bonchev–Trinajstić information content (AvgIpc) is 2.46. The number of rotatable bonds is 3. The summed E-state index contributed by atoms with van der Waals surface area (Å²) in [4.78, 5) is 22.2. The van der Waals surface area contributed by atoms with Crippen LogP contribution in [0.3, 0.4) is 0 Å². The molecule has 0 saturated carbocycles. The fourth-order valence-electron chi connectivity index (χ4n) is 2.01. The monoisotopic (exact) mass is 250 g/mol. The van der Waals surface area contributed by atoms with Gasteiger partial charge >= 0.3 is 0 Å². The lowest BCUT2D eigenvalue weighted by Crippen LogP contribution is -2.41. The fraction of sp³-hybridized carbons (Fsp3) is 0.583. The van der Waals surface area contributed by atoms with Crippen molar-refractivity contribution in [2.45, 2.75) is 18.9 Å². The minimum atomic E-state index is -0.0912. The second-order valence-electron chi connectivity index (χ2n) is 4.30. The first-order chi connectivity index (χ1) is 8.72. The number of nitrogens with zero attached hydrogens (tertiary/aromatic N) is 3. The van der Waals surface area contributed by atoms with Gasteiger partial charge in [-0.1, -0.05) is 0 Å². The van der Waals surface area contributed by atoms with Crippen LogP contribution in [0.5, 0.6) is 0 Å². The van der Waals surface area contributed by atoms with Crippen molar-refractivity contribution in [1.29, 1.82) is 0 Å². The van der Waals surface area contributed by atoms with Crippen molar-refractivity contribution in [2.75, 3.05) is 32.6 Å². The van der Waals surface area contributed by atoms with Gasteiger partial charge in [0.05, 0.1) is 12.4 Å². The molecule has 0 spiro atoms. The Hall–Kier alpha value is -1.69. The molecule has 6 nitrogen and oxygen atoms in total. The molecular weight excluding hydrogens is 232 g/mol. The van der Waals surface area contributed by atoms with E-state index in [1.807, 2.05) is 7.05 Å². The van der Waals surface area contributed by atoms with Crippen molar-refractivity contribution in [2.24, 2.45) is 0 Å². The van der Waals surface area contributed by atoms with Crippen LogP contribution in [0.4, 0.5) is 5.82 Å². The SMILES string of the molecule is CNc1cncc(C(=O)N(C)C2CCOCC2)n1. The third-order valence-electron chi connectivity index (χ3n) is 3.17. The van der Waals surface area contributed by atoms with Crippen LogP contribution in [-0.4, -0.2) is 54.1 Å². The summed E-state index contributed by atoms with van der Waals surface area (Å²) in [5.74, 6) is 0.507. The van der Waals surface area contributed by atoms with Crippen molar-refractivity contribution >= 4 is 11.7 Å². The summed E-state index contributed by atoms with van der Waals surface area (Å²) in [5, 5.41) is 2.88. The summed E-state index contributed by atoms with van der Waals surface area (Å²) in [6.07, 6.45) is 4.84. The zero-order valence-corrected chi connectivity index (χ0v) is 10.7. The van der Waals surface area contributed by atoms with E-state index in [0.29, 0.717) is 24.7 Å². The molecule has 1 fully saturated rings. The second kappa shape index (κ2) is 5.77. The third kappa shape index (κ3) is 2.76. The van der Waals surface area contributed by atoms with Gasteiger partial charge in [-0.3, -0.25) is 9.78 Å². The standard InChI is InChI=1S/C12H18N4O2/c1-13-11-8-14-7-10(15-11)12(17)16(2)9-3-5-18-6-4-9/h7-9H,3-6H2,1-2H3,(H,13,15). The number of hydrogen-bond donors (Lipinski definition) is 1. The molecule has 1 N–H and O–H groups in total. The molecule has 1 aromatic heterocycles. The first kappa shape index (κ1) is 12.8. The van der Waals surface area contributed by atoms with Gasteiger partial charge in [0.25, 0.3) is 5.91 Å². The van der Waals surface area contributed by atoms with Crippen LogP contribution in [0.15, 0.2) is 12.4 Å². The molecule has 98 valence electrons. The van der Waals surface area contributed by atoms with Gasteiger partial charge in [-0.15, -0.1) is 0 Å². The summed E-state index contributed by atoms with van der Waals surface area (Å²) in [5.41, 5.74) is 0.371. The zero-order valence-electron chi connectivity index (χ0n) is 10.7. The number of aromatic nitrogens is 2.